The highest BCUT2D eigenvalue weighted by Gasteiger charge is 2.16. The maximum atomic E-state index is 11.7. The molecule has 4 nitrogen and oxygen atoms in total. The van der Waals surface area contributed by atoms with Gasteiger partial charge in [-0.25, -0.2) is 4.79 Å². The average Bonchev–Trinajstić information content (AvgIpc) is 2.38. The number of nitrogens with one attached hydrogen (secondary N) is 1. The second-order valence-electron chi connectivity index (χ2n) is 4.46. The zero-order valence-corrected chi connectivity index (χ0v) is 12.3. The van der Waals surface area contributed by atoms with Crippen LogP contribution in [0.25, 0.3) is 5.57 Å². The number of nitrogens with zero attached hydrogens (tertiary/aromatic N) is 1. The van der Waals surface area contributed by atoms with Crippen LogP contribution in [0.15, 0.2) is 12.1 Å². The van der Waals surface area contributed by atoms with Crippen molar-refractivity contribution in [1.29, 1.82) is 0 Å². The van der Waals surface area contributed by atoms with E-state index >= 15 is 0 Å². The van der Waals surface area contributed by atoms with E-state index in [4.69, 9.17) is 4.74 Å². The Morgan fingerprint density at radius 1 is 1.42 bits per heavy atom. The second-order valence-corrected chi connectivity index (χ2v) is 4.46. The minimum atomic E-state index is -0.316. The highest BCUT2D eigenvalue weighted by Crippen LogP contribution is 2.22. The molecule has 0 aliphatic carbocycles. The number of aromatic nitrogens is 1. The van der Waals surface area contributed by atoms with Crippen LogP contribution < -0.4 is 5.32 Å². The first kappa shape index (κ1) is 15.7. The number of rotatable bonds is 2. The summed E-state index contributed by atoms with van der Waals surface area (Å²) in [4.78, 5) is 16.2. The molecule has 0 amide bonds. The molecule has 0 saturated heterocycles. The summed E-state index contributed by atoms with van der Waals surface area (Å²) >= 11 is 0. The van der Waals surface area contributed by atoms with Gasteiger partial charge in [-0.3, -0.25) is 4.98 Å². The Morgan fingerprint density at radius 3 is 2.68 bits per heavy atom. The maximum Gasteiger partial charge on any atom is 0.339 e. The monoisotopic (exact) mass is 282 g/mol. The quantitative estimate of drug-likeness (QED) is 0.846. The minimum Gasteiger partial charge on any atom is -0.465 e. The van der Waals surface area contributed by atoms with Crippen molar-refractivity contribution >= 4 is 23.9 Å². The molecule has 104 valence electrons. The smallest absolute Gasteiger partial charge is 0.339 e. The number of hydrogen-bond acceptors (Lipinski definition) is 4. The molecule has 0 bridgehead atoms. The molecule has 1 aromatic heterocycles. The van der Waals surface area contributed by atoms with E-state index < -0.39 is 0 Å². The molecule has 0 saturated carbocycles. The van der Waals surface area contributed by atoms with Crippen LogP contribution >= 0.6 is 12.4 Å². The van der Waals surface area contributed by atoms with Crippen LogP contribution in [0.4, 0.5) is 0 Å². The van der Waals surface area contributed by atoms with Crippen LogP contribution in [0.1, 0.15) is 33.7 Å². The standard InChI is InChI=1S/C14H18N2O2.ClH/c1-9-8-12(11-4-6-15-7-5-11)16-10(2)13(9)14(17)18-3;/h4,8,15H,5-7H2,1-3H3;1H. The van der Waals surface area contributed by atoms with Crippen molar-refractivity contribution in [1.82, 2.24) is 10.3 Å². The van der Waals surface area contributed by atoms with Crippen molar-refractivity contribution in [3.8, 4) is 0 Å². The number of halogens is 1. The molecule has 19 heavy (non-hydrogen) atoms. The first-order valence-electron chi connectivity index (χ1n) is 6.10. The summed E-state index contributed by atoms with van der Waals surface area (Å²) in [5.41, 5.74) is 4.45. The van der Waals surface area contributed by atoms with Crippen LogP contribution in [0, 0.1) is 13.8 Å². The van der Waals surface area contributed by atoms with Crippen LogP contribution in [-0.2, 0) is 4.74 Å². The van der Waals surface area contributed by atoms with Gasteiger partial charge in [0.05, 0.1) is 24.1 Å². The van der Waals surface area contributed by atoms with E-state index in [9.17, 15) is 4.79 Å². The van der Waals surface area contributed by atoms with Crippen molar-refractivity contribution in [3.63, 3.8) is 0 Å². The van der Waals surface area contributed by atoms with Crippen LogP contribution in [0.2, 0.25) is 0 Å². The molecular weight excluding hydrogens is 264 g/mol. The molecule has 0 fully saturated rings. The van der Waals surface area contributed by atoms with Crippen LogP contribution in [0.3, 0.4) is 0 Å². The van der Waals surface area contributed by atoms with Crippen molar-refractivity contribution in [3.05, 3.63) is 34.7 Å². The molecule has 0 unspecified atom stereocenters. The summed E-state index contributed by atoms with van der Waals surface area (Å²) in [6.07, 6.45) is 3.13. The first-order chi connectivity index (χ1) is 8.63. The Bertz CT molecular complexity index is 489. The number of hydrogen-bond donors (Lipinski definition) is 1. The SMILES string of the molecule is COC(=O)c1c(C)cc(C2=CCNCC2)nc1C.Cl. The fraction of sp³-hybridized carbons (Fsp3) is 0.429. The number of carbonyl (C=O) groups is 1. The van der Waals surface area contributed by atoms with Crippen LogP contribution in [0.5, 0.6) is 0 Å². The van der Waals surface area contributed by atoms with Crippen molar-refractivity contribution in [2.45, 2.75) is 20.3 Å². The predicted molar refractivity (Wildman–Crippen MR) is 77.8 cm³/mol. The van der Waals surface area contributed by atoms with Gasteiger partial charge in [0, 0.05) is 6.54 Å². The summed E-state index contributed by atoms with van der Waals surface area (Å²) in [7, 11) is 1.39. The van der Waals surface area contributed by atoms with Gasteiger partial charge in [0.25, 0.3) is 0 Å². The summed E-state index contributed by atoms with van der Waals surface area (Å²) in [6, 6.07) is 1.97. The summed E-state index contributed by atoms with van der Waals surface area (Å²) < 4.78 is 4.78. The Labute approximate surface area is 119 Å². The lowest BCUT2D eigenvalue weighted by Crippen LogP contribution is -2.20. The third-order valence-electron chi connectivity index (χ3n) is 3.18. The molecule has 2 rings (SSSR count). The molecule has 0 aromatic carbocycles. The van der Waals surface area contributed by atoms with Gasteiger partial charge < -0.3 is 10.1 Å². The Hall–Kier alpha value is -1.39. The summed E-state index contributed by atoms with van der Waals surface area (Å²) in [5, 5.41) is 3.27. The number of aryl methyl sites for hydroxylation is 2. The van der Waals surface area contributed by atoms with Gasteiger partial charge in [0.15, 0.2) is 0 Å². The van der Waals surface area contributed by atoms with Crippen LogP contribution in [-0.4, -0.2) is 31.2 Å². The molecule has 1 aliphatic heterocycles. The van der Waals surface area contributed by atoms with E-state index in [1.54, 1.807) is 0 Å². The maximum absolute atomic E-state index is 11.7. The Kier molecular flexibility index (Phi) is 5.51. The van der Waals surface area contributed by atoms with Gasteiger partial charge in [0.1, 0.15) is 0 Å². The normalized spacial score (nSPS) is 14.4. The fourth-order valence-electron chi connectivity index (χ4n) is 2.26. The van der Waals surface area contributed by atoms with Crippen molar-refractivity contribution < 1.29 is 9.53 Å². The third kappa shape index (κ3) is 3.33. The van der Waals surface area contributed by atoms with E-state index in [2.05, 4.69) is 16.4 Å². The molecule has 1 aromatic rings. The van der Waals surface area contributed by atoms with E-state index in [0.717, 1.165) is 36.5 Å². The largest absolute Gasteiger partial charge is 0.465 e. The number of ether oxygens (including phenoxy) is 1. The third-order valence-corrected chi connectivity index (χ3v) is 3.18. The molecule has 1 N–H and O–H groups in total. The lowest BCUT2D eigenvalue weighted by molar-refractivity contribution is 0.0598. The molecule has 0 atom stereocenters. The van der Waals surface area contributed by atoms with Crippen molar-refractivity contribution in [2.24, 2.45) is 0 Å². The van der Waals surface area contributed by atoms with Gasteiger partial charge in [-0.2, -0.15) is 0 Å². The Balaban J connectivity index is 0.00000180. The summed E-state index contributed by atoms with van der Waals surface area (Å²) in [6.45, 7) is 5.63. The zero-order chi connectivity index (χ0) is 13.1. The lowest BCUT2D eigenvalue weighted by Gasteiger charge is -2.16. The highest BCUT2D eigenvalue weighted by atomic mass is 35.5. The van der Waals surface area contributed by atoms with Gasteiger partial charge >= 0.3 is 5.97 Å². The van der Waals surface area contributed by atoms with Crippen molar-refractivity contribution in [2.75, 3.05) is 20.2 Å². The lowest BCUT2D eigenvalue weighted by atomic mass is 10.0. The number of methoxy groups -OCH3 is 1. The van der Waals surface area contributed by atoms with E-state index in [1.807, 2.05) is 19.9 Å². The molecular formula is C14H19ClN2O2. The highest BCUT2D eigenvalue weighted by molar-refractivity contribution is 5.92. The van der Waals surface area contributed by atoms with Gasteiger partial charge in [-0.1, -0.05) is 6.08 Å². The average molecular weight is 283 g/mol. The number of esters is 1. The molecule has 2 heterocycles. The van der Waals surface area contributed by atoms with E-state index in [0.29, 0.717) is 5.56 Å². The number of pyridine rings is 1. The fourth-order valence-corrected chi connectivity index (χ4v) is 2.26. The van der Waals surface area contributed by atoms with Gasteiger partial charge in [-0.15, -0.1) is 12.4 Å². The minimum absolute atomic E-state index is 0. The van der Waals surface area contributed by atoms with Gasteiger partial charge in [0.2, 0.25) is 0 Å². The second kappa shape index (κ2) is 6.68. The molecule has 1 aliphatic rings. The zero-order valence-electron chi connectivity index (χ0n) is 11.4. The topological polar surface area (TPSA) is 51.2 Å². The first-order valence-corrected chi connectivity index (χ1v) is 6.10. The van der Waals surface area contributed by atoms with Gasteiger partial charge in [-0.05, 0) is 44.0 Å². The summed E-state index contributed by atoms with van der Waals surface area (Å²) in [5.74, 6) is -0.316. The molecule has 0 spiro atoms. The van der Waals surface area contributed by atoms with E-state index in [-0.39, 0.29) is 18.4 Å². The Morgan fingerprint density at radius 2 is 2.16 bits per heavy atom. The molecule has 0 radical (unpaired) electrons. The molecule has 5 heteroatoms. The van der Waals surface area contributed by atoms with E-state index in [1.165, 1.54) is 12.7 Å². The predicted octanol–water partition coefficient (Wildman–Crippen LogP) is 2.28. The number of carbonyl (C=O) groups excluding carboxylic acids is 1.